The van der Waals surface area contributed by atoms with Crippen molar-refractivity contribution in [3.8, 4) is 11.5 Å². The van der Waals surface area contributed by atoms with E-state index < -0.39 is 11.9 Å². The molecule has 0 bridgehead atoms. The fourth-order valence-corrected chi connectivity index (χ4v) is 1.81. The molecule has 0 aliphatic heterocycles. The molecular formula is C17H18O6. The highest BCUT2D eigenvalue weighted by molar-refractivity contribution is 5.91. The number of aromatic hydroxyl groups is 2. The topological polar surface area (TPSA) is 104 Å². The van der Waals surface area contributed by atoms with Crippen LogP contribution in [0, 0.1) is 13.8 Å². The zero-order chi connectivity index (χ0) is 17.6. The monoisotopic (exact) mass is 318 g/mol. The van der Waals surface area contributed by atoms with Crippen molar-refractivity contribution in [2.24, 2.45) is 0 Å². The summed E-state index contributed by atoms with van der Waals surface area (Å²) >= 11 is 0. The fourth-order valence-electron chi connectivity index (χ4n) is 1.81. The molecule has 0 heterocycles. The van der Waals surface area contributed by atoms with Gasteiger partial charge < -0.3 is 20.1 Å². The van der Waals surface area contributed by atoms with Crippen LogP contribution < -0.4 is 0 Å². The van der Waals surface area contributed by atoms with E-state index >= 15 is 0 Å². The summed E-state index contributed by atoms with van der Waals surface area (Å²) in [6.07, 6.45) is 0. The number of benzene rings is 2. The second kappa shape index (κ2) is 7.84. The molecule has 122 valence electrons. The number of esters is 1. The van der Waals surface area contributed by atoms with Gasteiger partial charge in [-0.2, -0.15) is 0 Å². The average molecular weight is 318 g/mol. The predicted molar refractivity (Wildman–Crippen MR) is 84.0 cm³/mol. The lowest BCUT2D eigenvalue weighted by Gasteiger charge is -2.04. The van der Waals surface area contributed by atoms with Crippen molar-refractivity contribution in [3.05, 3.63) is 58.7 Å². The number of carbonyl (C=O) groups is 2. The number of hydrogen-bond donors (Lipinski definition) is 3. The Morgan fingerprint density at radius 1 is 0.870 bits per heavy atom. The Bertz CT molecular complexity index is 721. The fraction of sp³-hybridized carbons (Fsp3) is 0.176. The van der Waals surface area contributed by atoms with E-state index in [0.717, 1.165) is 0 Å². The summed E-state index contributed by atoms with van der Waals surface area (Å²) in [4.78, 5) is 21.5. The number of hydrogen-bond acceptors (Lipinski definition) is 5. The van der Waals surface area contributed by atoms with Crippen molar-refractivity contribution < 1.29 is 29.6 Å². The van der Waals surface area contributed by atoms with Crippen LogP contribution in [0.4, 0.5) is 0 Å². The van der Waals surface area contributed by atoms with E-state index in [4.69, 9.17) is 10.2 Å². The maximum atomic E-state index is 11.1. The highest BCUT2D eigenvalue weighted by Gasteiger charge is 2.10. The molecule has 2 aromatic carbocycles. The number of ether oxygens (including phenoxy) is 1. The predicted octanol–water partition coefficient (Wildman–Crippen LogP) is 2.89. The molecule has 0 spiro atoms. The van der Waals surface area contributed by atoms with Crippen LogP contribution in [0.1, 0.15) is 31.8 Å². The van der Waals surface area contributed by atoms with Gasteiger partial charge in [0.1, 0.15) is 11.5 Å². The van der Waals surface area contributed by atoms with Gasteiger partial charge in [-0.05, 0) is 38.1 Å². The molecule has 6 heteroatoms. The van der Waals surface area contributed by atoms with Crippen molar-refractivity contribution >= 4 is 11.9 Å². The minimum atomic E-state index is -1.02. The second-order valence-corrected chi connectivity index (χ2v) is 4.70. The summed E-state index contributed by atoms with van der Waals surface area (Å²) < 4.78 is 4.52. The van der Waals surface area contributed by atoms with Gasteiger partial charge in [0.25, 0.3) is 0 Å². The van der Waals surface area contributed by atoms with Gasteiger partial charge >= 0.3 is 11.9 Å². The van der Waals surface area contributed by atoms with Crippen LogP contribution in [0.15, 0.2) is 36.4 Å². The number of phenolic OH excluding ortho intramolecular Hbond substituents is 2. The van der Waals surface area contributed by atoms with Crippen LogP contribution in [0.3, 0.4) is 0 Å². The minimum absolute atomic E-state index is 0.0184. The number of carbonyl (C=O) groups excluding carboxylic acids is 1. The largest absolute Gasteiger partial charge is 0.508 e. The first-order valence-corrected chi connectivity index (χ1v) is 6.68. The Morgan fingerprint density at radius 2 is 1.30 bits per heavy atom. The SMILES string of the molecule is COC(=O)c1cccc(O)c1C.Cc1c(O)cccc1C(=O)O. The quantitative estimate of drug-likeness (QED) is 0.736. The Morgan fingerprint density at radius 3 is 1.70 bits per heavy atom. The number of carboxylic acid groups (broad SMARTS) is 1. The number of carboxylic acids is 1. The number of rotatable bonds is 2. The average Bonchev–Trinajstić information content (AvgIpc) is 2.52. The van der Waals surface area contributed by atoms with Gasteiger partial charge in [0.2, 0.25) is 0 Å². The molecular weight excluding hydrogens is 300 g/mol. The smallest absolute Gasteiger partial charge is 0.338 e. The van der Waals surface area contributed by atoms with Gasteiger partial charge in [0, 0.05) is 11.1 Å². The van der Waals surface area contributed by atoms with Crippen molar-refractivity contribution in [1.82, 2.24) is 0 Å². The van der Waals surface area contributed by atoms with Crippen LogP contribution >= 0.6 is 0 Å². The molecule has 2 rings (SSSR count). The lowest BCUT2D eigenvalue weighted by Crippen LogP contribution is -2.03. The standard InChI is InChI=1S/C9H10O3.C8H8O3/c1-6-7(9(11)12-2)4-3-5-8(6)10;1-5-6(8(10)11)3-2-4-7(5)9/h3-5,10H,1-2H3;2-4,9H,1H3,(H,10,11). The summed E-state index contributed by atoms with van der Waals surface area (Å²) in [6, 6.07) is 9.17. The van der Waals surface area contributed by atoms with Crippen LogP contribution in [0.2, 0.25) is 0 Å². The Balaban J connectivity index is 0.000000231. The molecule has 0 aliphatic carbocycles. The van der Waals surface area contributed by atoms with Gasteiger partial charge in [0.05, 0.1) is 18.2 Å². The maximum absolute atomic E-state index is 11.1. The molecule has 0 fully saturated rings. The third-order valence-electron chi connectivity index (χ3n) is 3.25. The summed E-state index contributed by atoms with van der Waals surface area (Å²) in [5.74, 6) is -1.32. The molecule has 0 aromatic heterocycles. The first kappa shape index (κ1) is 18.0. The zero-order valence-electron chi connectivity index (χ0n) is 13.0. The Hall–Kier alpha value is -3.02. The summed E-state index contributed by atoms with van der Waals surface area (Å²) in [7, 11) is 1.31. The second-order valence-electron chi connectivity index (χ2n) is 4.70. The highest BCUT2D eigenvalue weighted by atomic mass is 16.5. The third-order valence-corrected chi connectivity index (χ3v) is 3.25. The van der Waals surface area contributed by atoms with E-state index in [1.807, 2.05) is 0 Å². The lowest BCUT2D eigenvalue weighted by atomic mass is 10.1. The highest BCUT2D eigenvalue weighted by Crippen LogP contribution is 2.20. The molecule has 0 saturated heterocycles. The van der Waals surface area contributed by atoms with Crippen LogP contribution in [-0.4, -0.2) is 34.4 Å². The molecule has 0 aliphatic rings. The van der Waals surface area contributed by atoms with Gasteiger partial charge in [0.15, 0.2) is 0 Å². The van der Waals surface area contributed by atoms with Gasteiger partial charge in [-0.1, -0.05) is 12.1 Å². The zero-order valence-corrected chi connectivity index (χ0v) is 13.0. The molecule has 0 saturated carbocycles. The minimum Gasteiger partial charge on any atom is -0.508 e. The first-order valence-electron chi connectivity index (χ1n) is 6.68. The van der Waals surface area contributed by atoms with Crippen molar-refractivity contribution in [3.63, 3.8) is 0 Å². The first-order chi connectivity index (χ1) is 10.8. The number of methoxy groups -OCH3 is 1. The van der Waals surface area contributed by atoms with E-state index in [9.17, 15) is 14.7 Å². The van der Waals surface area contributed by atoms with E-state index in [2.05, 4.69) is 4.74 Å². The van der Waals surface area contributed by atoms with E-state index in [1.54, 1.807) is 26.0 Å². The lowest BCUT2D eigenvalue weighted by molar-refractivity contribution is 0.0598. The van der Waals surface area contributed by atoms with E-state index in [1.165, 1.54) is 31.4 Å². The van der Waals surface area contributed by atoms with Gasteiger partial charge in [-0.3, -0.25) is 0 Å². The molecule has 0 unspecified atom stereocenters. The summed E-state index contributed by atoms with van der Waals surface area (Å²) in [5, 5.41) is 26.9. The van der Waals surface area contributed by atoms with Crippen molar-refractivity contribution in [2.75, 3.05) is 7.11 Å². The number of aromatic carboxylic acids is 1. The molecule has 3 N–H and O–H groups in total. The molecule has 23 heavy (non-hydrogen) atoms. The van der Waals surface area contributed by atoms with E-state index in [-0.39, 0.29) is 17.1 Å². The number of phenols is 2. The van der Waals surface area contributed by atoms with Gasteiger partial charge in [-0.25, -0.2) is 9.59 Å². The molecule has 2 aromatic rings. The van der Waals surface area contributed by atoms with Crippen LogP contribution in [0.25, 0.3) is 0 Å². The van der Waals surface area contributed by atoms with Crippen molar-refractivity contribution in [1.29, 1.82) is 0 Å². The molecule has 6 nitrogen and oxygen atoms in total. The molecule has 0 amide bonds. The summed E-state index contributed by atoms with van der Waals surface area (Å²) in [6.45, 7) is 3.24. The Kier molecular flexibility index (Phi) is 6.14. The van der Waals surface area contributed by atoms with Crippen LogP contribution in [-0.2, 0) is 4.74 Å². The van der Waals surface area contributed by atoms with Crippen molar-refractivity contribution in [2.45, 2.75) is 13.8 Å². The van der Waals surface area contributed by atoms with E-state index in [0.29, 0.717) is 16.7 Å². The Labute approximate surface area is 133 Å². The maximum Gasteiger partial charge on any atom is 0.338 e. The molecule has 0 radical (unpaired) electrons. The van der Waals surface area contributed by atoms with Gasteiger partial charge in [-0.15, -0.1) is 0 Å². The third kappa shape index (κ3) is 4.47. The normalized spacial score (nSPS) is 9.52. The summed E-state index contributed by atoms with van der Waals surface area (Å²) in [5.41, 5.74) is 1.49. The molecule has 0 atom stereocenters. The van der Waals surface area contributed by atoms with Crippen LogP contribution in [0.5, 0.6) is 11.5 Å².